The first-order valence-corrected chi connectivity index (χ1v) is 4.11. The Balaban J connectivity index is 2.91. The maximum absolute atomic E-state index is 11.9. The van der Waals surface area contributed by atoms with Crippen LogP contribution in [0.4, 0.5) is 14.5 Å². The summed E-state index contributed by atoms with van der Waals surface area (Å²) in [5, 5.41) is 0. The van der Waals surface area contributed by atoms with Crippen molar-refractivity contribution in [2.24, 2.45) is 5.73 Å². The number of nitrogens with two attached hydrogens (primary N) is 2. The summed E-state index contributed by atoms with van der Waals surface area (Å²) in [6.07, 6.45) is -2.61. The van der Waals surface area contributed by atoms with E-state index in [2.05, 4.69) is 0 Å². The highest BCUT2D eigenvalue weighted by Gasteiger charge is 2.11. The molecule has 0 aliphatic carbocycles. The number of primary amides is 1. The van der Waals surface area contributed by atoms with Crippen molar-refractivity contribution in [3.05, 3.63) is 23.8 Å². The molecule has 1 rings (SSSR count). The fourth-order valence-corrected chi connectivity index (χ4v) is 1.02. The lowest BCUT2D eigenvalue weighted by molar-refractivity contribution is 0.0801. The van der Waals surface area contributed by atoms with Gasteiger partial charge >= 0.3 is 0 Å². The number of halogens is 2. The molecule has 0 fully saturated rings. The van der Waals surface area contributed by atoms with Gasteiger partial charge in [-0.05, 0) is 18.2 Å². The number of ether oxygens (including phenoxy) is 1. The standard InChI is InChI=1S/C9H10F2N2O2/c10-8(11)4-15-7-2-1-5(12)3-6(7)9(13)14/h1-3,8H,4,12H2,(H2,13,14). The van der Waals surface area contributed by atoms with Gasteiger partial charge in [0.05, 0.1) is 5.56 Å². The first-order chi connectivity index (χ1) is 7.00. The Morgan fingerprint density at radius 1 is 1.47 bits per heavy atom. The van der Waals surface area contributed by atoms with Gasteiger partial charge < -0.3 is 16.2 Å². The molecule has 0 atom stereocenters. The van der Waals surface area contributed by atoms with E-state index in [4.69, 9.17) is 16.2 Å². The van der Waals surface area contributed by atoms with E-state index in [1.807, 2.05) is 0 Å². The molecule has 82 valence electrons. The highest BCUT2D eigenvalue weighted by Crippen LogP contribution is 2.21. The Bertz CT molecular complexity index is 369. The third-order valence-corrected chi connectivity index (χ3v) is 1.63. The summed E-state index contributed by atoms with van der Waals surface area (Å²) >= 11 is 0. The van der Waals surface area contributed by atoms with Gasteiger partial charge in [0.1, 0.15) is 12.4 Å². The number of hydrogen-bond donors (Lipinski definition) is 2. The maximum Gasteiger partial charge on any atom is 0.272 e. The summed E-state index contributed by atoms with van der Waals surface area (Å²) in [6.45, 7) is -0.788. The van der Waals surface area contributed by atoms with Gasteiger partial charge in [0.2, 0.25) is 0 Å². The Morgan fingerprint density at radius 2 is 2.13 bits per heavy atom. The lowest BCUT2D eigenvalue weighted by atomic mass is 10.1. The fraction of sp³-hybridized carbons (Fsp3) is 0.222. The summed E-state index contributed by atoms with van der Waals surface area (Å²) in [5.41, 5.74) is 10.7. The summed E-state index contributed by atoms with van der Waals surface area (Å²) in [4.78, 5) is 10.9. The van der Waals surface area contributed by atoms with Crippen LogP contribution < -0.4 is 16.2 Å². The maximum atomic E-state index is 11.9. The van der Waals surface area contributed by atoms with Gasteiger partial charge in [-0.1, -0.05) is 0 Å². The molecule has 0 heterocycles. The molecule has 0 spiro atoms. The van der Waals surface area contributed by atoms with Crippen LogP contribution in [0.3, 0.4) is 0 Å². The summed E-state index contributed by atoms with van der Waals surface area (Å²) in [5.74, 6) is -0.761. The molecule has 0 bridgehead atoms. The summed E-state index contributed by atoms with van der Waals surface area (Å²) < 4.78 is 28.4. The third kappa shape index (κ3) is 3.08. The van der Waals surface area contributed by atoms with Gasteiger partial charge in [0.15, 0.2) is 0 Å². The highest BCUT2D eigenvalue weighted by molar-refractivity contribution is 5.96. The van der Waals surface area contributed by atoms with Crippen molar-refractivity contribution in [3.8, 4) is 5.75 Å². The number of hydrogen-bond acceptors (Lipinski definition) is 3. The van der Waals surface area contributed by atoms with Crippen LogP contribution in [0.25, 0.3) is 0 Å². The van der Waals surface area contributed by atoms with Crippen LogP contribution in [0.5, 0.6) is 5.75 Å². The van der Waals surface area contributed by atoms with Crippen molar-refractivity contribution in [1.82, 2.24) is 0 Å². The van der Waals surface area contributed by atoms with Gasteiger partial charge in [-0.3, -0.25) is 4.79 Å². The normalized spacial score (nSPS) is 10.3. The minimum atomic E-state index is -2.61. The van der Waals surface area contributed by atoms with E-state index in [9.17, 15) is 13.6 Å². The molecule has 6 heteroatoms. The Labute approximate surface area is 84.8 Å². The van der Waals surface area contributed by atoms with Crippen LogP contribution in [0, 0.1) is 0 Å². The average Bonchev–Trinajstić information content (AvgIpc) is 2.15. The minimum Gasteiger partial charge on any atom is -0.487 e. The van der Waals surface area contributed by atoms with Crippen LogP contribution in [0.15, 0.2) is 18.2 Å². The zero-order valence-corrected chi connectivity index (χ0v) is 7.74. The lowest BCUT2D eigenvalue weighted by Gasteiger charge is -2.09. The van der Waals surface area contributed by atoms with E-state index in [1.54, 1.807) is 0 Å². The highest BCUT2D eigenvalue weighted by atomic mass is 19.3. The molecule has 4 nitrogen and oxygen atoms in total. The largest absolute Gasteiger partial charge is 0.487 e. The van der Waals surface area contributed by atoms with Gasteiger partial charge in [-0.25, -0.2) is 8.78 Å². The monoisotopic (exact) mass is 216 g/mol. The van der Waals surface area contributed by atoms with E-state index < -0.39 is 18.9 Å². The number of anilines is 1. The minimum absolute atomic E-state index is 0.00403. The summed E-state index contributed by atoms with van der Waals surface area (Å²) in [7, 11) is 0. The van der Waals surface area contributed by atoms with Crippen molar-refractivity contribution in [1.29, 1.82) is 0 Å². The van der Waals surface area contributed by atoms with Gasteiger partial charge in [0.25, 0.3) is 12.3 Å². The number of carbonyl (C=O) groups excluding carboxylic acids is 1. The van der Waals surface area contributed by atoms with Gasteiger partial charge in [-0.15, -0.1) is 0 Å². The molecule has 1 aromatic carbocycles. The molecule has 0 aliphatic heterocycles. The molecule has 0 saturated carbocycles. The lowest BCUT2D eigenvalue weighted by Crippen LogP contribution is -2.15. The second-order valence-electron chi connectivity index (χ2n) is 2.82. The second-order valence-corrected chi connectivity index (χ2v) is 2.82. The number of benzene rings is 1. The van der Waals surface area contributed by atoms with E-state index in [1.165, 1.54) is 18.2 Å². The van der Waals surface area contributed by atoms with E-state index in [-0.39, 0.29) is 11.3 Å². The topological polar surface area (TPSA) is 78.3 Å². The van der Waals surface area contributed by atoms with E-state index in [0.29, 0.717) is 5.69 Å². The zero-order chi connectivity index (χ0) is 11.4. The molecule has 0 saturated heterocycles. The summed E-state index contributed by atoms with van der Waals surface area (Å²) in [6, 6.07) is 4.05. The average molecular weight is 216 g/mol. The predicted octanol–water partition coefficient (Wildman–Crippen LogP) is 1.01. The molecule has 0 radical (unpaired) electrons. The van der Waals surface area contributed by atoms with Crippen molar-refractivity contribution < 1.29 is 18.3 Å². The zero-order valence-electron chi connectivity index (χ0n) is 7.74. The fourth-order valence-electron chi connectivity index (χ4n) is 1.02. The van der Waals surface area contributed by atoms with Crippen LogP contribution in [-0.2, 0) is 0 Å². The smallest absolute Gasteiger partial charge is 0.272 e. The third-order valence-electron chi connectivity index (χ3n) is 1.63. The molecule has 1 amide bonds. The molecular formula is C9H10F2N2O2. The van der Waals surface area contributed by atoms with Crippen LogP contribution in [-0.4, -0.2) is 18.9 Å². The number of amides is 1. The van der Waals surface area contributed by atoms with Gasteiger partial charge in [0, 0.05) is 5.69 Å². The predicted molar refractivity (Wildman–Crippen MR) is 50.9 cm³/mol. The number of nitrogen functional groups attached to an aromatic ring is 1. The van der Waals surface area contributed by atoms with Crippen LogP contribution >= 0.6 is 0 Å². The SMILES string of the molecule is NC(=O)c1cc(N)ccc1OCC(F)F. The molecule has 0 aliphatic rings. The van der Waals surface area contributed by atoms with Gasteiger partial charge in [-0.2, -0.15) is 0 Å². The second kappa shape index (κ2) is 4.59. The Morgan fingerprint density at radius 3 is 2.67 bits per heavy atom. The van der Waals surface area contributed by atoms with E-state index >= 15 is 0 Å². The number of rotatable bonds is 4. The van der Waals surface area contributed by atoms with Crippen molar-refractivity contribution in [3.63, 3.8) is 0 Å². The quantitative estimate of drug-likeness (QED) is 0.737. The molecule has 4 N–H and O–H groups in total. The number of carbonyl (C=O) groups is 1. The molecule has 1 aromatic rings. The molecular weight excluding hydrogens is 206 g/mol. The van der Waals surface area contributed by atoms with E-state index in [0.717, 1.165) is 0 Å². The van der Waals surface area contributed by atoms with Crippen molar-refractivity contribution in [2.75, 3.05) is 12.3 Å². The number of alkyl halides is 2. The Hall–Kier alpha value is -1.85. The van der Waals surface area contributed by atoms with Crippen LogP contribution in [0.2, 0.25) is 0 Å². The Kier molecular flexibility index (Phi) is 3.43. The van der Waals surface area contributed by atoms with Crippen molar-refractivity contribution in [2.45, 2.75) is 6.43 Å². The van der Waals surface area contributed by atoms with Crippen molar-refractivity contribution >= 4 is 11.6 Å². The molecule has 0 aromatic heterocycles. The first kappa shape index (κ1) is 11.2. The molecule has 15 heavy (non-hydrogen) atoms. The first-order valence-electron chi connectivity index (χ1n) is 4.11. The van der Waals surface area contributed by atoms with Crippen LogP contribution in [0.1, 0.15) is 10.4 Å². The molecule has 0 unspecified atom stereocenters.